The molecular weight excluding hydrogens is 318 g/mol. The van der Waals surface area contributed by atoms with Crippen molar-refractivity contribution in [3.63, 3.8) is 0 Å². The summed E-state index contributed by atoms with van der Waals surface area (Å²) >= 11 is 0. The molecule has 0 bridgehead atoms. The van der Waals surface area contributed by atoms with Gasteiger partial charge in [0.05, 0.1) is 5.69 Å². The number of fused-ring (bicyclic) bond motifs is 2. The molecule has 1 aliphatic carbocycles. The van der Waals surface area contributed by atoms with Crippen molar-refractivity contribution in [2.45, 2.75) is 39.5 Å². The summed E-state index contributed by atoms with van der Waals surface area (Å²) < 4.78 is 6.17. The molecule has 0 spiro atoms. The number of benzene rings is 2. The zero-order valence-corrected chi connectivity index (χ0v) is 15.8. The largest absolute Gasteiger partial charge is 0.456 e. The first kappa shape index (κ1) is 15.6. The molecule has 1 aliphatic rings. The SMILES string of the molecule is CC(C)Cc1cnc2c(c1)C(C)(C)c1cccc3oc4cccc-2c4c13. The molecule has 0 amide bonds. The molecule has 2 aromatic carbocycles. The van der Waals surface area contributed by atoms with E-state index in [9.17, 15) is 0 Å². The van der Waals surface area contributed by atoms with E-state index in [1.54, 1.807) is 0 Å². The molecule has 0 radical (unpaired) electrons. The van der Waals surface area contributed by atoms with Crippen LogP contribution in [0.3, 0.4) is 0 Å². The average Bonchev–Trinajstić information content (AvgIpc) is 2.96. The molecule has 130 valence electrons. The van der Waals surface area contributed by atoms with Gasteiger partial charge < -0.3 is 4.42 Å². The number of hydrogen-bond acceptors (Lipinski definition) is 2. The van der Waals surface area contributed by atoms with Gasteiger partial charge in [-0.05, 0) is 41.2 Å². The molecule has 0 unspecified atom stereocenters. The van der Waals surface area contributed by atoms with E-state index in [0.717, 1.165) is 23.3 Å². The minimum absolute atomic E-state index is 0.134. The van der Waals surface area contributed by atoms with E-state index in [4.69, 9.17) is 9.40 Å². The Kier molecular flexibility index (Phi) is 3.13. The fourth-order valence-electron chi connectivity index (χ4n) is 4.51. The second kappa shape index (κ2) is 5.20. The summed E-state index contributed by atoms with van der Waals surface area (Å²) in [6, 6.07) is 15.1. The lowest BCUT2D eigenvalue weighted by Gasteiger charge is -2.28. The molecule has 2 heteroatoms. The molecule has 0 saturated carbocycles. The summed E-state index contributed by atoms with van der Waals surface area (Å²) in [6.07, 6.45) is 3.11. The molecule has 0 N–H and O–H groups in total. The normalized spacial score (nSPS) is 15.0. The third-order valence-electron chi connectivity index (χ3n) is 5.71. The van der Waals surface area contributed by atoms with Crippen LogP contribution < -0.4 is 0 Å². The Morgan fingerprint density at radius 1 is 0.962 bits per heavy atom. The van der Waals surface area contributed by atoms with Gasteiger partial charge in [0, 0.05) is 27.9 Å². The van der Waals surface area contributed by atoms with Crippen molar-refractivity contribution in [3.05, 3.63) is 65.4 Å². The Labute approximate surface area is 153 Å². The van der Waals surface area contributed by atoms with Crippen LogP contribution in [0.15, 0.2) is 53.1 Å². The Bertz CT molecular complexity index is 1160. The highest BCUT2D eigenvalue weighted by molar-refractivity contribution is 6.15. The monoisotopic (exact) mass is 341 g/mol. The molecule has 4 aromatic rings. The van der Waals surface area contributed by atoms with Crippen LogP contribution in [0.25, 0.3) is 33.2 Å². The highest BCUT2D eigenvalue weighted by Gasteiger charge is 2.34. The van der Waals surface area contributed by atoms with Crippen molar-refractivity contribution in [3.8, 4) is 11.3 Å². The third-order valence-corrected chi connectivity index (χ3v) is 5.71. The van der Waals surface area contributed by atoms with Crippen LogP contribution in [0.4, 0.5) is 0 Å². The maximum absolute atomic E-state index is 6.17. The fraction of sp³-hybridized carbons (Fsp3) is 0.292. The summed E-state index contributed by atoms with van der Waals surface area (Å²) in [5.41, 5.74) is 8.00. The quantitative estimate of drug-likeness (QED) is 0.417. The van der Waals surface area contributed by atoms with Gasteiger partial charge in [0.2, 0.25) is 0 Å². The van der Waals surface area contributed by atoms with Gasteiger partial charge in [-0.1, -0.05) is 58.0 Å². The van der Waals surface area contributed by atoms with Crippen molar-refractivity contribution in [1.29, 1.82) is 0 Å². The molecular formula is C24H23NO. The summed E-state index contributed by atoms with van der Waals surface area (Å²) in [7, 11) is 0. The molecule has 2 heterocycles. The molecule has 26 heavy (non-hydrogen) atoms. The zero-order chi connectivity index (χ0) is 18.1. The zero-order valence-electron chi connectivity index (χ0n) is 15.8. The van der Waals surface area contributed by atoms with Gasteiger partial charge in [-0.15, -0.1) is 0 Å². The van der Waals surface area contributed by atoms with E-state index in [-0.39, 0.29) is 5.41 Å². The van der Waals surface area contributed by atoms with E-state index < -0.39 is 0 Å². The first-order chi connectivity index (χ1) is 12.5. The van der Waals surface area contributed by atoms with Crippen LogP contribution in [0.1, 0.15) is 44.4 Å². The second-order valence-corrected chi connectivity index (χ2v) is 8.42. The smallest absolute Gasteiger partial charge is 0.136 e. The van der Waals surface area contributed by atoms with E-state index >= 15 is 0 Å². The molecule has 2 aromatic heterocycles. The van der Waals surface area contributed by atoms with E-state index in [2.05, 4.69) is 76.4 Å². The van der Waals surface area contributed by atoms with Crippen molar-refractivity contribution in [2.24, 2.45) is 5.92 Å². The number of pyridine rings is 1. The Balaban J connectivity index is 1.94. The number of aromatic nitrogens is 1. The minimum Gasteiger partial charge on any atom is -0.456 e. The molecule has 5 rings (SSSR count). The number of rotatable bonds is 2. The van der Waals surface area contributed by atoms with E-state index in [0.29, 0.717) is 5.92 Å². The first-order valence-corrected chi connectivity index (χ1v) is 9.41. The van der Waals surface area contributed by atoms with Gasteiger partial charge in [-0.25, -0.2) is 0 Å². The maximum atomic E-state index is 6.17. The second-order valence-electron chi connectivity index (χ2n) is 8.42. The van der Waals surface area contributed by atoms with E-state index in [1.807, 2.05) is 0 Å². The van der Waals surface area contributed by atoms with Crippen LogP contribution in [0, 0.1) is 5.92 Å². The van der Waals surface area contributed by atoms with Crippen molar-refractivity contribution in [1.82, 2.24) is 4.98 Å². The molecule has 2 nitrogen and oxygen atoms in total. The average molecular weight is 341 g/mol. The molecule has 0 atom stereocenters. The van der Waals surface area contributed by atoms with Crippen molar-refractivity contribution >= 4 is 21.9 Å². The van der Waals surface area contributed by atoms with Gasteiger partial charge in [0.1, 0.15) is 11.2 Å². The van der Waals surface area contributed by atoms with Gasteiger partial charge >= 0.3 is 0 Å². The lowest BCUT2D eigenvalue weighted by molar-refractivity contribution is 0.626. The molecule has 0 saturated heterocycles. The highest BCUT2D eigenvalue weighted by Crippen LogP contribution is 2.49. The number of hydrogen-bond donors (Lipinski definition) is 0. The summed E-state index contributed by atoms with van der Waals surface area (Å²) in [5, 5.41) is 2.44. The van der Waals surface area contributed by atoms with Crippen LogP contribution in [0.5, 0.6) is 0 Å². The van der Waals surface area contributed by atoms with Crippen LogP contribution >= 0.6 is 0 Å². The Morgan fingerprint density at radius 3 is 2.46 bits per heavy atom. The highest BCUT2D eigenvalue weighted by atomic mass is 16.3. The fourth-order valence-corrected chi connectivity index (χ4v) is 4.51. The van der Waals surface area contributed by atoms with Gasteiger partial charge in [-0.3, -0.25) is 4.98 Å². The van der Waals surface area contributed by atoms with Gasteiger partial charge in [0.25, 0.3) is 0 Å². The van der Waals surface area contributed by atoms with Gasteiger partial charge in [-0.2, -0.15) is 0 Å². The minimum atomic E-state index is -0.134. The lowest BCUT2D eigenvalue weighted by atomic mass is 9.76. The van der Waals surface area contributed by atoms with Crippen molar-refractivity contribution < 1.29 is 4.42 Å². The summed E-state index contributed by atoms with van der Waals surface area (Å²) in [5.74, 6) is 0.619. The summed E-state index contributed by atoms with van der Waals surface area (Å²) in [6.45, 7) is 9.14. The number of nitrogens with zero attached hydrogens (tertiary/aromatic N) is 1. The number of furan rings is 1. The third kappa shape index (κ3) is 2.02. The van der Waals surface area contributed by atoms with Crippen molar-refractivity contribution in [2.75, 3.05) is 0 Å². The van der Waals surface area contributed by atoms with Crippen LogP contribution in [-0.2, 0) is 11.8 Å². The molecule has 0 aliphatic heterocycles. The van der Waals surface area contributed by atoms with Crippen LogP contribution in [-0.4, -0.2) is 4.98 Å². The Hall–Kier alpha value is -2.61. The Morgan fingerprint density at radius 2 is 1.69 bits per heavy atom. The van der Waals surface area contributed by atoms with Crippen LogP contribution in [0.2, 0.25) is 0 Å². The summed E-state index contributed by atoms with van der Waals surface area (Å²) in [4.78, 5) is 4.96. The predicted molar refractivity (Wildman–Crippen MR) is 108 cm³/mol. The predicted octanol–water partition coefficient (Wildman–Crippen LogP) is 6.49. The standard InChI is InChI=1S/C24H23NO/c1-14(2)11-15-12-18-23(25-13-15)16-7-5-9-19-21(16)22-17(24(18,3)4)8-6-10-20(22)26-19/h5-10,12-14H,11H2,1-4H3. The topological polar surface area (TPSA) is 26.0 Å². The lowest BCUT2D eigenvalue weighted by Crippen LogP contribution is -2.20. The first-order valence-electron chi connectivity index (χ1n) is 9.41. The van der Waals surface area contributed by atoms with Gasteiger partial charge in [0.15, 0.2) is 0 Å². The van der Waals surface area contributed by atoms with E-state index in [1.165, 1.54) is 33.0 Å². The maximum Gasteiger partial charge on any atom is 0.136 e. The molecule has 0 fully saturated rings.